The van der Waals surface area contributed by atoms with Gasteiger partial charge in [-0.25, -0.2) is 0 Å². The summed E-state index contributed by atoms with van der Waals surface area (Å²) < 4.78 is 35.7. The second-order valence-corrected chi connectivity index (χ2v) is 6.66. The Hall–Kier alpha value is -1.38. The van der Waals surface area contributed by atoms with Crippen molar-refractivity contribution in [3.05, 3.63) is 24.2 Å². The minimum absolute atomic E-state index is 0.0283. The molecule has 1 heterocycles. The van der Waals surface area contributed by atoms with Crippen LogP contribution in [-0.2, 0) is 26.2 Å². The van der Waals surface area contributed by atoms with Gasteiger partial charge in [0.2, 0.25) is 0 Å². The highest BCUT2D eigenvalue weighted by atomic mass is 32.2. The zero-order valence-electron chi connectivity index (χ0n) is 11.9. The molecule has 20 heavy (non-hydrogen) atoms. The molecule has 1 aromatic rings. The first-order chi connectivity index (χ1) is 9.34. The minimum atomic E-state index is -3.46. The predicted molar refractivity (Wildman–Crippen MR) is 73.2 cm³/mol. The number of carbonyl (C=O) groups is 1. The first kappa shape index (κ1) is 16.7. The molecule has 0 unspecified atom stereocenters. The van der Waals surface area contributed by atoms with Crippen LogP contribution in [0.15, 0.2) is 22.8 Å². The summed E-state index contributed by atoms with van der Waals surface area (Å²) in [4.78, 5) is 11.5. The van der Waals surface area contributed by atoms with Crippen molar-refractivity contribution < 1.29 is 22.4 Å². The van der Waals surface area contributed by atoms with Crippen molar-refractivity contribution >= 4 is 16.2 Å². The van der Waals surface area contributed by atoms with E-state index in [9.17, 15) is 13.2 Å². The largest absolute Gasteiger partial charge is 0.469 e. The fraction of sp³-hybridized carbons (Fsp3) is 0.583. The number of hydrogen-bond donors (Lipinski definition) is 0. The van der Waals surface area contributed by atoms with Gasteiger partial charge in [-0.15, -0.1) is 0 Å². The average molecular weight is 304 g/mol. The molecule has 114 valence electrons. The van der Waals surface area contributed by atoms with Crippen molar-refractivity contribution in [2.75, 3.05) is 34.3 Å². The number of nitrogens with zero attached hydrogens (tertiary/aromatic N) is 2. The lowest BCUT2D eigenvalue weighted by Gasteiger charge is -2.20. The average Bonchev–Trinajstić information content (AvgIpc) is 2.89. The molecule has 0 fully saturated rings. The molecule has 0 aromatic carbocycles. The number of furan rings is 1. The van der Waals surface area contributed by atoms with Crippen molar-refractivity contribution in [2.24, 2.45) is 0 Å². The van der Waals surface area contributed by atoms with Gasteiger partial charge in [0.25, 0.3) is 10.2 Å². The van der Waals surface area contributed by atoms with Crippen LogP contribution in [0.3, 0.4) is 0 Å². The highest BCUT2D eigenvalue weighted by Crippen LogP contribution is 2.05. The van der Waals surface area contributed by atoms with E-state index in [1.807, 2.05) is 0 Å². The van der Waals surface area contributed by atoms with Crippen LogP contribution in [0.2, 0.25) is 0 Å². The van der Waals surface area contributed by atoms with E-state index >= 15 is 0 Å². The van der Waals surface area contributed by atoms with E-state index in [0.717, 1.165) is 8.61 Å². The number of hydrogen-bond acceptors (Lipinski definition) is 5. The van der Waals surface area contributed by atoms with Gasteiger partial charge in [0.15, 0.2) is 0 Å². The zero-order chi connectivity index (χ0) is 15.2. The Morgan fingerprint density at radius 1 is 1.35 bits per heavy atom. The molecule has 0 amide bonds. The number of likely N-dealkylation sites (N-methyl/N-ethyl adjacent to an activating group) is 1. The van der Waals surface area contributed by atoms with E-state index in [2.05, 4.69) is 0 Å². The monoisotopic (exact) mass is 304 g/mol. The molecule has 0 N–H and O–H groups in total. The van der Waals surface area contributed by atoms with E-state index in [4.69, 9.17) is 9.15 Å². The molecule has 0 aliphatic heterocycles. The second kappa shape index (κ2) is 7.41. The van der Waals surface area contributed by atoms with Crippen LogP contribution < -0.4 is 0 Å². The molecule has 0 saturated heterocycles. The molecule has 0 saturated carbocycles. The standard InChI is InChI=1S/C12H20N2O5S/c1-13(2)20(16,17)14(3)8-10-19-12(15)7-6-11-5-4-9-18-11/h4-5,9H,6-8,10H2,1-3H3. The van der Waals surface area contributed by atoms with E-state index < -0.39 is 10.2 Å². The van der Waals surface area contributed by atoms with Crippen LogP contribution in [0, 0.1) is 0 Å². The molecule has 0 aliphatic carbocycles. The fourth-order valence-corrected chi connectivity index (χ4v) is 2.30. The Kier molecular flexibility index (Phi) is 6.18. The molecule has 1 aromatic heterocycles. The maximum atomic E-state index is 11.7. The third kappa shape index (κ3) is 4.95. The number of carbonyl (C=O) groups excluding carboxylic acids is 1. The van der Waals surface area contributed by atoms with Crippen LogP contribution in [0.25, 0.3) is 0 Å². The summed E-state index contributed by atoms with van der Waals surface area (Å²) >= 11 is 0. The Morgan fingerprint density at radius 2 is 2.05 bits per heavy atom. The number of ether oxygens (including phenoxy) is 1. The fourth-order valence-electron chi connectivity index (χ4n) is 1.43. The predicted octanol–water partition coefficient (Wildman–Crippen LogP) is 0.494. The normalized spacial score (nSPS) is 12.1. The minimum Gasteiger partial charge on any atom is -0.469 e. The summed E-state index contributed by atoms with van der Waals surface area (Å²) in [6.45, 7) is 0.146. The molecule has 0 radical (unpaired) electrons. The van der Waals surface area contributed by atoms with Gasteiger partial charge in [-0.1, -0.05) is 0 Å². The van der Waals surface area contributed by atoms with E-state index in [1.54, 1.807) is 18.4 Å². The molecular formula is C12H20N2O5S. The Balaban J connectivity index is 2.25. The molecule has 7 nitrogen and oxygen atoms in total. The number of aryl methyl sites for hydroxylation is 1. The van der Waals surface area contributed by atoms with Gasteiger partial charge in [-0.3, -0.25) is 4.79 Å². The second-order valence-electron chi connectivity index (χ2n) is 4.41. The van der Waals surface area contributed by atoms with Crippen molar-refractivity contribution in [1.29, 1.82) is 0 Å². The number of rotatable bonds is 8. The van der Waals surface area contributed by atoms with Gasteiger partial charge < -0.3 is 9.15 Å². The van der Waals surface area contributed by atoms with Gasteiger partial charge in [0.05, 0.1) is 12.7 Å². The van der Waals surface area contributed by atoms with Crippen molar-refractivity contribution in [2.45, 2.75) is 12.8 Å². The van der Waals surface area contributed by atoms with Gasteiger partial charge >= 0.3 is 5.97 Å². The van der Waals surface area contributed by atoms with Crippen LogP contribution in [0.1, 0.15) is 12.2 Å². The molecular weight excluding hydrogens is 284 g/mol. The molecule has 0 bridgehead atoms. The summed E-state index contributed by atoms with van der Waals surface area (Å²) in [6, 6.07) is 3.53. The summed E-state index contributed by atoms with van der Waals surface area (Å²) in [6.07, 6.45) is 2.22. The summed E-state index contributed by atoms with van der Waals surface area (Å²) in [5.41, 5.74) is 0. The van der Waals surface area contributed by atoms with Crippen LogP contribution >= 0.6 is 0 Å². The Labute approximate surface area is 119 Å². The lowest BCUT2D eigenvalue weighted by molar-refractivity contribution is -0.143. The molecule has 0 spiro atoms. The number of esters is 1. The SMILES string of the molecule is CN(C)S(=O)(=O)N(C)CCOC(=O)CCc1ccco1. The van der Waals surface area contributed by atoms with Gasteiger partial charge in [-0.2, -0.15) is 17.0 Å². The highest BCUT2D eigenvalue weighted by Gasteiger charge is 2.20. The molecule has 0 atom stereocenters. The third-order valence-corrected chi connectivity index (χ3v) is 4.57. The zero-order valence-corrected chi connectivity index (χ0v) is 12.7. The van der Waals surface area contributed by atoms with Crippen LogP contribution in [0.4, 0.5) is 0 Å². The quantitative estimate of drug-likeness (QED) is 0.653. The van der Waals surface area contributed by atoms with Crippen molar-refractivity contribution in [1.82, 2.24) is 8.61 Å². The molecule has 1 rings (SSSR count). The van der Waals surface area contributed by atoms with Gasteiger partial charge in [0.1, 0.15) is 12.4 Å². The topological polar surface area (TPSA) is 80.1 Å². The first-order valence-corrected chi connectivity index (χ1v) is 7.55. The summed E-state index contributed by atoms with van der Waals surface area (Å²) in [5.74, 6) is 0.339. The lowest BCUT2D eigenvalue weighted by atomic mass is 10.2. The molecule has 0 aliphatic rings. The first-order valence-electron chi connectivity index (χ1n) is 6.16. The van der Waals surface area contributed by atoms with Gasteiger partial charge in [-0.05, 0) is 12.1 Å². The van der Waals surface area contributed by atoms with Gasteiger partial charge in [0, 0.05) is 34.1 Å². The smallest absolute Gasteiger partial charge is 0.306 e. The lowest BCUT2D eigenvalue weighted by Crippen LogP contribution is -2.39. The van der Waals surface area contributed by atoms with Crippen LogP contribution in [-0.4, -0.2) is 57.3 Å². The summed E-state index contributed by atoms with van der Waals surface area (Å²) in [7, 11) is 0.866. The van der Waals surface area contributed by atoms with E-state index in [1.165, 1.54) is 21.1 Å². The van der Waals surface area contributed by atoms with Crippen LogP contribution in [0.5, 0.6) is 0 Å². The molecule has 8 heteroatoms. The summed E-state index contributed by atoms with van der Waals surface area (Å²) in [5, 5.41) is 0. The Morgan fingerprint density at radius 3 is 2.60 bits per heavy atom. The maximum absolute atomic E-state index is 11.7. The van der Waals surface area contributed by atoms with Crippen molar-refractivity contribution in [3.63, 3.8) is 0 Å². The van der Waals surface area contributed by atoms with Crippen molar-refractivity contribution in [3.8, 4) is 0 Å². The highest BCUT2D eigenvalue weighted by molar-refractivity contribution is 7.86. The van der Waals surface area contributed by atoms with E-state index in [0.29, 0.717) is 12.2 Å². The maximum Gasteiger partial charge on any atom is 0.306 e. The van der Waals surface area contributed by atoms with E-state index in [-0.39, 0.29) is 25.5 Å². The Bertz CT molecular complexity index is 510. The third-order valence-electron chi connectivity index (χ3n) is 2.68.